The summed E-state index contributed by atoms with van der Waals surface area (Å²) in [6.07, 6.45) is -5.72. The van der Waals surface area contributed by atoms with Crippen molar-refractivity contribution in [1.82, 2.24) is 10.2 Å². The Kier molecular flexibility index (Phi) is 5.36. The molecule has 8 nitrogen and oxygen atoms in total. The van der Waals surface area contributed by atoms with Gasteiger partial charge in [0.2, 0.25) is 0 Å². The summed E-state index contributed by atoms with van der Waals surface area (Å²) in [6.45, 7) is 3.51. The summed E-state index contributed by atoms with van der Waals surface area (Å²) in [4.78, 5) is 37.9. The predicted molar refractivity (Wildman–Crippen MR) is 101 cm³/mol. The van der Waals surface area contributed by atoms with Gasteiger partial charge in [0.25, 0.3) is 5.91 Å². The number of alkyl halides is 3. The second kappa shape index (κ2) is 7.21. The van der Waals surface area contributed by atoms with Crippen LogP contribution in [0.1, 0.15) is 32.8 Å². The number of esters is 1. The molecule has 31 heavy (non-hydrogen) atoms. The van der Waals surface area contributed by atoms with E-state index in [1.165, 1.54) is 20.8 Å². The van der Waals surface area contributed by atoms with Gasteiger partial charge in [-0.05, 0) is 25.8 Å². The third-order valence-corrected chi connectivity index (χ3v) is 8.76. The van der Waals surface area contributed by atoms with Crippen LogP contribution in [-0.2, 0) is 35.6 Å². The van der Waals surface area contributed by atoms with Crippen molar-refractivity contribution in [3.63, 3.8) is 0 Å². The summed E-state index contributed by atoms with van der Waals surface area (Å²) < 4.78 is 68.1. The number of hydrogen-bond acceptors (Lipinski definition) is 6. The van der Waals surface area contributed by atoms with Gasteiger partial charge in [-0.1, -0.05) is 37.3 Å². The first-order chi connectivity index (χ1) is 14.2. The summed E-state index contributed by atoms with van der Waals surface area (Å²) in [5.41, 5.74) is -1.68. The smallest absolute Gasteiger partial charge is 0.459 e. The molecular weight excluding hydrogens is 441 g/mol. The molecule has 3 rings (SSSR count). The monoisotopic (exact) mass is 462 g/mol. The largest absolute Gasteiger partial charge is 0.471 e. The number of benzene rings is 1. The number of nitrogens with one attached hydrogen (secondary N) is 1. The Hall–Kier alpha value is -2.63. The number of ether oxygens (including phenoxy) is 1. The molecule has 0 aliphatic carbocycles. The lowest BCUT2D eigenvalue weighted by atomic mass is 9.82. The maximum Gasteiger partial charge on any atom is 0.471 e. The van der Waals surface area contributed by atoms with Gasteiger partial charge < -0.3 is 15.0 Å². The minimum Gasteiger partial charge on any atom is -0.459 e. The van der Waals surface area contributed by atoms with Crippen molar-refractivity contribution in [1.29, 1.82) is 0 Å². The summed E-state index contributed by atoms with van der Waals surface area (Å²) in [5, 5.41) is -0.247. The Morgan fingerprint density at radius 1 is 1.19 bits per heavy atom. The molecule has 2 saturated heterocycles. The number of fused-ring (bicyclic) bond motifs is 1. The minimum atomic E-state index is -5.31. The third-order valence-electron chi connectivity index (χ3n) is 5.85. The zero-order chi connectivity index (χ0) is 23.4. The fraction of sp³-hybridized carbons (Fsp3) is 0.526. The highest BCUT2D eigenvalue weighted by Gasteiger charge is 2.78. The summed E-state index contributed by atoms with van der Waals surface area (Å²) in [5.74, 6) is -4.50. The number of sulfone groups is 1. The fourth-order valence-electron chi connectivity index (χ4n) is 4.07. The number of rotatable bonds is 5. The molecular formula is C19H21F3N2O6S. The third kappa shape index (κ3) is 3.27. The lowest BCUT2D eigenvalue weighted by Gasteiger charge is -2.52. The first-order valence-corrected chi connectivity index (χ1v) is 10.9. The molecule has 0 spiro atoms. The highest BCUT2D eigenvalue weighted by atomic mass is 32.2. The van der Waals surface area contributed by atoms with Gasteiger partial charge in [-0.3, -0.25) is 9.59 Å². The van der Waals surface area contributed by atoms with Crippen LogP contribution in [0.3, 0.4) is 0 Å². The maximum absolute atomic E-state index is 13.2. The van der Waals surface area contributed by atoms with E-state index in [0.717, 1.165) is 0 Å². The van der Waals surface area contributed by atoms with Crippen molar-refractivity contribution in [2.45, 2.75) is 61.7 Å². The van der Waals surface area contributed by atoms with Crippen molar-refractivity contribution in [3.8, 4) is 0 Å². The van der Waals surface area contributed by atoms with Gasteiger partial charge >= 0.3 is 18.1 Å². The topological polar surface area (TPSA) is 110 Å². The minimum absolute atomic E-state index is 0.178. The van der Waals surface area contributed by atoms with Crippen molar-refractivity contribution in [3.05, 3.63) is 35.9 Å². The number of carbonyl (C=O) groups is 3. The highest BCUT2D eigenvalue weighted by Crippen LogP contribution is 2.52. The Morgan fingerprint density at radius 3 is 2.29 bits per heavy atom. The van der Waals surface area contributed by atoms with E-state index in [0.29, 0.717) is 10.5 Å². The zero-order valence-electron chi connectivity index (χ0n) is 16.9. The summed E-state index contributed by atoms with van der Waals surface area (Å²) >= 11 is 0. The van der Waals surface area contributed by atoms with Gasteiger partial charge in [0.05, 0.1) is 0 Å². The molecule has 2 amide bonds. The molecule has 2 aliphatic rings. The molecule has 1 aromatic rings. The highest BCUT2D eigenvalue weighted by molar-refractivity contribution is 7.94. The average molecular weight is 462 g/mol. The van der Waals surface area contributed by atoms with E-state index in [9.17, 15) is 36.0 Å². The number of halogens is 3. The van der Waals surface area contributed by atoms with E-state index >= 15 is 0 Å². The first kappa shape index (κ1) is 23.0. The maximum atomic E-state index is 13.2. The van der Waals surface area contributed by atoms with Crippen LogP contribution in [-0.4, -0.2) is 59.0 Å². The number of β-lactam (4-membered cyclic amide) rings is 1. The van der Waals surface area contributed by atoms with Crippen LogP contribution >= 0.6 is 0 Å². The Labute approximate surface area is 176 Å². The van der Waals surface area contributed by atoms with E-state index in [1.54, 1.807) is 35.6 Å². The van der Waals surface area contributed by atoms with Crippen molar-refractivity contribution >= 4 is 27.6 Å². The normalized spacial score (nSPS) is 28.5. The SMILES string of the molecule is CC[C@@]1(NC(=O)C(F)(F)F)C(=O)N2[C@@H](C(=O)OCc3ccccc3)C(C)(C)S(=O)(=O)[C@@H]21. The average Bonchev–Trinajstić information content (AvgIpc) is 2.84. The van der Waals surface area contributed by atoms with Crippen LogP contribution in [0.25, 0.3) is 0 Å². The molecule has 1 aromatic carbocycles. The molecule has 2 fully saturated rings. The lowest BCUT2D eigenvalue weighted by molar-refractivity contribution is -0.185. The molecule has 0 bridgehead atoms. The van der Waals surface area contributed by atoms with Crippen LogP contribution in [0.15, 0.2) is 30.3 Å². The van der Waals surface area contributed by atoms with Crippen LogP contribution in [0.2, 0.25) is 0 Å². The second-order valence-electron chi connectivity index (χ2n) is 7.99. The fourth-order valence-corrected chi connectivity index (χ4v) is 6.54. The van der Waals surface area contributed by atoms with Crippen LogP contribution in [0.4, 0.5) is 13.2 Å². The molecule has 3 atom stereocenters. The molecule has 0 aromatic heterocycles. The molecule has 0 unspecified atom stereocenters. The molecule has 170 valence electrons. The van der Waals surface area contributed by atoms with E-state index in [2.05, 4.69) is 0 Å². The van der Waals surface area contributed by atoms with Crippen LogP contribution in [0.5, 0.6) is 0 Å². The molecule has 0 saturated carbocycles. The van der Waals surface area contributed by atoms with E-state index in [1.807, 2.05) is 0 Å². The number of amides is 2. The zero-order valence-corrected chi connectivity index (χ0v) is 17.7. The quantitative estimate of drug-likeness (QED) is 0.522. The van der Waals surface area contributed by atoms with Crippen LogP contribution in [0, 0.1) is 0 Å². The number of carbonyl (C=O) groups excluding carboxylic acids is 3. The Morgan fingerprint density at radius 2 is 1.77 bits per heavy atom. The van der Waals surface area contributed by atoms with Crippen LogP contribution < -0.4 is 5.32 Å². The van der Waals surface area contributed by atoms with Gasteiger partial charge in [-0.15, -0.1) is 0 Å². The second-order valence-corrected chi connectivity index (χ2v) is 10.6. The summed E-state index contributed by atoms with van der Waals surface area (Å²) in [6, 6.07) is 6.95. The van der Waals surface area contributed by atoms with Gasteiger partial charge in [0, 0.05) is 0 Å². The molecule has 0 radical (unpaired) electrons. The van der Waals surface area contributed by atoms with E-state index in [-0.39, 0.29) is 6.61 Å². The first-order valence-electron chi connectivity index (χ1n) is 9.38. The van der Waals surface area contributed by atoms with Crippen molar-refractivity contribution in [2.75, 3.05) is 0 Å². The standard InChI is InChI=1S/C19H21F3N2O6S/c1-4-18(23-14(26)19(20,21)22)15(27)24-12(17(2,3)31(28,29)16(18)24)13(25)30-10-11-8-6-5-7-9-11/h5-9,12,16H,4,10H2,1-3H3,(H,23,26)/t12-,16+,18+/m0/s1. The summed E-state index contributed by atoms with van der Waals surface area (Å²) in [7, 11) is -4.36. The molecule has 12 heteroatoms. The predicted octanol–water partition coefficient (Wildman–Crippen LogP) is 1.30. The Bertz CT molecular complexity index is 1020. The van der Waals surface area contributed by atoms with Crippen molar-refractivity contribution < 1.29 is 40.7 Å². The van der Waals surface area contributed by atoms with E-state index < -0.39 is 61.9 Å². The number of nitrogens with zero attached hydrogens (tertiary/aromatic N) is 1. The molecule has 2 heterocycles. The molecule has 2 aliphatic heterocycles. The van der Waals surface area contributed by atoms with Crippen molar-refractivity contribution in [2.24, 2.45) is 0 Å². The van der Waals surface area contributed by atoms with E-state index in [4.69, 9.17) is 4.74 Å². The van der Waals surface area contributed by atoms with Gasteiger partial charge in [-0.2, -0.15) is 13.2 Å². The molecule has 1 N–H and O–H groups in total. The number of hydrogen-bond donors (Lipinski definition) is 1. The Balaban J connectivity index is 1.93. The van der Waals surface area contributed by atoms with Gasteiger partial charge in [0.15, 0.2) is 20.8 Å². The van der Waals surface area contributed by atoms with Gasteiger partial charge in [-0.25, -0.2) is 13.2 Å². The van der Waals surface area contributed by atoms with Gasteiger partial charge in [0.1, 0.15) is 17.4 Å². The lowest BCUT2D eigenvalue weighted by Crippen LogP contribution is -2.81.